The summed E-state index contributed by atoms with van der Waals surface area (Å²) < 4.78 is 6.95. The number of anilines is 1. The van der Waals surface area contributed by atoms with Gasteiger partial charge in [-0.1, -0.05) is 0 Å². The molecule has 0 saturated carbocycles. The molecule has 1 aliphatic rings. The maximum absolute atomic E-state index is 12.1. The Bertz CT molecular complexity index is 514. The number of carbonyl (C=O) groups is 1. The number of hydrogen-bond donors (Lipinski definition) is 1. The number of ether oxygens (including phenoxy) is 1. The molecule has 7 nitrogen and oxygen atoms in total. The number of aliphatic carboxylic acids is 1. The summed E-state index contributed by atoms with van der Waals surface area (Å²) in [7, 11) is 0. The lowest BCUT2D eigenvalue weighted by Gasteiger charge is -2.32. The van der Waals surface area contributed by atoms with Crippen LogP contribution >= 0.6 is 0 Å². The zero-order valence-electron chi connectivity index (χ0n) is 10.8. The van der Waals surface area contributed by atoms with Crippen LogP contribution in [-0.2, 0) is 16.1 Å². The summed E-state index contributed by atoms with van der Waals surface area (Å²) in [5.41, 5.74) is -0.152. The zero-order valence-corrected chi connectivity index (χ0v) is 10.8. The molecule has 0 spiro atoms. The van der Waals surface area contributed by atoms with E-state index in [1.54, 1.807) is 21.9 Å². The molecule has 0 aromatic carbocycles. The number of morpholine rings is 1. The van der Waals surface area contributed by atoms with Crippen LogP contribution in [0.15, 0.2) is 17.2 Å². The first kappa shape index (κ1) is 13.5. The molecule has 1 aliphatic heterocycles. The van der Waals surface area contributed by atoms with Crippen LogP contribution in [0.5, 0.6) is 0 Å². The fraction of sp³-hybridized carbons (Fsp3) is 0.583. The summed E-state index contributed by atoms with van der Waals surface area (Å²) in [6.07, 6.45) is 2.76. The Morgan fingerprint density at radius 3 is 3.11 bits per heavy atom. The lowest BCUT2D eigenvalue weighted by molar-refractivity contribution is -0.140. The van der Waals surface area contributed by atoms with Gasteiger partial charge in [-0.25, -0.2) is 4.98 Å². The largest absolute Gasteiger partial charge is 0.481 e. The zero-order chi connectivity index (χ0) is 13.8. The van der Waals surface area contributed by atoms with E-state index in [4.69, 9.17) is 9.84 Å². The number of aromatic nitrogens is 2. The minimum atomic E-state index is -0.904. The van der Waals surface area contributed by atoms with Crippen molar-refractivity contribution in [3.8, 4) is 0 Å². The van der Waals surface area contributed by atoms with Crippen LogP contribution in [0.1, 0.15) is 13.3 Å². The monoisotopic (exact) mass is 267 g/mol. The maximum atomic E-state index is 12.1. The highest BCUT2D eigenvalue weighted by molar-refractivity contribution is 5.67. The van der Waals surface area contributed by atoms with Crippen molar-refractivity contribution < 1.29 is 14.6 Å². The van der Waals surface area contributed by atoms with Crippen LogP contribution in [0.2, 0.25) is 0 Å². The Balaban J connectivity index is 2.17. The molecular weight excluding hydrogens is 250 g/mol. The van der Waals surface area contributed by atoms with E-state index in [0.29, 0.717) is 32.1 Å². The van der Waals surface area contributed by atoms with Gasteiger partial charge in [0.25, 0.3) is 5.56 Å². The molecule has 1 aromatic heterocycles. The Kier molecular flexibility index (Phi) is 4.16. The molecule has 1 unspecified atom stereocenters. The number of nitrogens with zero attached hydrogens (tertiary/aromatic N) is 3. The smallest absolute Gasteiger partial charge is 0.306 e. The normalized spacial score (nSPS) is 19.4. The van der Waals surface area contributed by atoms with Crippen molar-refractivity contribution in [1.29, 1.82) is 0 Å². The molecule has 104 valence electrons. The number of carboxylic acid groups (broad SMARTS) is 1. The minimum absolute atomic E-state index is 0.0642. The van der Waals surface area contributed by atoms with Gasteiger partial charge in [-0.2, -0.15) is 0 Å². The van der Waals surface area contributed by atoms with Crippen LogP contribution in [0.3, 0.4) is 0 Å². The summed E-state index contributed by atoms with van der Waals surface area (Å²) in [5.74, 6) is -0.540. The maximum Gasteiger partial charge on any atom is 0.306 e. The highest BCUT2D eigenvalue weighted by Gasteiger charge is 2.25. The number of carboxylic acids is 1. The van der Waals surface area contributed by atoms with Crippen molar-refractivity contribution in [2.45, 2.75) is 26.0 Å². The fourth-order valence-corrected chi connectivity index (χ4v) is 2.13. The molecule has 7 heteroatoms. The predicted octanol–water partition coefficient (Wildman–Crippen LogP) is -0.0569. The molecule has 2 rings (SSSR count). The first-order valence-corrected chi connectivity index (χ1v) is 6.25. The molecule has 19 heavy (non-hydrogen) atoms. The van der Waals surface area contributed by atoms with Gasteiger partial charge in [0.05, 0.1) is 19.1 Å². The van der Waals surface area contributed by atoms with Gasteiger partial charge in [-0.05, 0) is 6.92 Å². The second-order valence-corrected chi connectivity index (χ2v) is 4.38. The van der Waals surface area contributed by atoms with Gasteiger partial charge in [0.1, 0.15) is 0 Å². The Hall–Kier alpha value is -1.89. The standard InChI is InChI=1S/C12H17N3O4/c1-2-14-4-3-13-11(12(14)18)15-5-6-19-9(8-15)7-10(16)17/h3-4,9H,2,5-8H2,1H3,(H,16,17). The highest BCUT2D eigenvalue weighted by atomic mass is 16.5. The van der Waals surface area contributed by atoms with Crippen molar-refractivity contribution in [1.82, 2.24) is 9.55 Å². The third-order valence-electron chi connectivity index (χ3n) is 3.08. The summed E-state index contributed by atoms with van der Waals surface area (Å²) in [6, 6.07) is 0. The SMILES string of the molecule is CCn1ccnc(N2CCOC(CC(=O)O)C2)c1=O. The van der Waals surface area contributed by atoms with Gasteiger partial charge in [-0.15, -0.1) is 0 Å². The van der Waals surface area contributed by atoms with Crippen molar-refractivity contribution in [2.24, 2.45) is 0 Å². The third-order valence-corrected chi connectivity index (χ3v) is 3.08. The Morgan fingerprint density at radius 1 is 1.63 bits per heavy atom. The van der Waals surface area contributed by atoms with Crippen molar-refractivity contribution in [3.05, 3.63) is 22.7 Å². The van der Waals surface area contributed by atoms with Crippen LogP contribution in [0.4, 0.5) is 5.82 Å². The molecule has 0 radical (unpaired) electrons. The van der Waals surface area contributed by atoms with Crippen LogP contribution in [-0.4, -0.2) is 46.4 Å². The fourth-order valence-electron chi connectivity index (χ4n) is 2.13. The van der Waals surface area contributed by atoms with Gasteiger partial charge in [0, 0.05) is 32.0 Å². The van der Waals surface area contributed by atoms with Crippen molar-refractivity contribution in [2.75, 3.05) is 24.6 Å². The van der Waals surface area contributed by atoms with Gasteiger partial charge < -0.3 is 19.3 Å². The molecular formula is C12H17N3O4. The molecule has 1 fully saturated rings. The van der Waals surface area contributed by atoms with Gasteiger partial charge in [-0.3, -0.25) is 9.59 Å². The molecule has 2 heterocycles. The van der Waals surface area contributed by atoms with Crippen LogP contribution in [0, 0.1) is 0 Å². The molecule has 1 saturated heterocycles. The van der Waals surface area contributed by atoms with E-state index in [1.165, 1.54) is 0 Å². The number of rotatable bonds is 4. The topological polar surface area (TPSA) is 84.7 Å². The minimum Gasteiger partial charge on any atom is -0.481 e. The predicted molar refractivity (Wildman–Crippen MR) is 68.4 cm³/mol. The first-order chi connectivity index (χ1) is 9.11. The molecule has 0 bridgehead atoms. The van der Waals surface area contributed by atoms with Gasteiger partial charge in [0.2, 0.25) is 0 Å². The quantitative estimate of drug-likeness (QED) is 0.823. The van der Waals surface area contributed by atoms with E-state index in [9.17, 15) is 9.59 Å². The average Bonchev–Trinajstić information content (AvgIpc) is 2.38. The van der Waals surface area contributed by atoms with Crippen LogP contribution in [0.25, 0.3) is 0 Å². The summed E-state index contributed by atoms with van der Waals surface area (Å²) in [4.78, 5) is 28.7. The van der Waals surface area contributed by atoms with E-state index in [1.807, 2.05) is 6.92 Å². The van der Waals surface area contributed by atoms with Crippen LogP contribution < -0.4 is 10.5 Å². The Labute approximate surface area is 110 Å². The van der Waals surface area contributed by atoms with E-state index in [0.717, 1.165) is 0 Å². The van der Waals surface area contributed by atoms with E-state index in [2.05, 4.69) is 4.98 Å². The van der Waals surface area contributed by atoms with Crippen molar-refractivity contribution in [3.63, 3.8) is 0 Å². The van der Waals surface area contributed by atoms with Crippen molar-refractivity contribution >= 4 is 11.8 Å². The Morgan fingerprint density at radius 2 is 2.42 bits per heavy atom. The summed E-state index contributed by atoms with van der Waals surface area (Å²) >= 11 is 0. The van der Waals surface area contributed by atoms with Gasteiger partial charge >= 0.3 is 5.97 Å². The third kappa shape index (κ3) is 3.11. The summed E-state index contributed by atoms with van der Waals surface area (Å²) in [6.45, 7) is 3.80. The number of aryl methyl sites for hydroxylation is 1. The lowest BCUT2D eigenvalue weighted by Crippen LogP contribution is -2.46. The molecule has 1 atom stereocenters. The van der Waals surface area contributed by atoms with E-state index < -0.39 is 12.1 Å². The average molecular weight is 267 g/mol. The second-order valence-electron chi connectivity index (χ2n) is 4.38. The molecule has 0 amide bonds. The highest BCUT2D eigenvalue weighted by Crippen LogP contribution is 2.13. The molecule has 0 aliphatic carbocycles. The molecule has 1 N–H and O–H groups in total. The number of hydrogen-bond acceptors (Lipinski definition) is 5. The summed E-state index contributed by atoms with van der Waals surface area (Å²) in [5, 5.41) is 8.78. The molecule has 1 aromatic rings. The lowest BCUT2D eigenvalue weighted by atomic mass is 10.2. The van der Waals surface area contributed by atoms with E-state index >= 15 is 0 Å². The van der Waals surface area contributed by atoms with Gasteiger partial charge in [0.15, 0.2) is 5.82 Å². The van der Waals surface area contributed by atoms with E-state index in [-0.39, 0.29) is 12.0 Å². The first-order valence-electron chi connectivity index (χ1n) is 6.25. The second kappa shape index (κ2) is 5.83.